The topological polar surface area (TPSA) is 53.6 Å². The summed E-state index contributed by atoms with van der Waals surface area (Å²) in [6, 6.07) is 4.64. The smallest absolute Gasteiger partial charge is 0.406 e. The molecule has 8 heteroatoms. The molecule has 0 fully saturated rings. The molecule has 0 spiro atoms. The van der Waals surface area contributed by atoms with Crippen LogP contribution in [-0.4, -0.2) is 43.5 Å². The van der Waals surface area contributed by atoms with Gasteiger partial charge in [0.05, 0.1) is 0 Å². The molecule has 0 aliphatic rings. The number of carbonyl (C=O) groups is 1. The fourth-order valence-corrected chi connectivity index (χ4v) is 1.81. The normalized spacial score (nSPS) is 11.4. The van der Waals surface area contributed by atoms with Crippen LogP contribution in [0.25, 0.3) is 0 Å². The van der Waals surface area contributed by atoms with Gasteiger partial charge >= 0.3 is 12.4 Å². The monoisotopic (exact) mass is 319 g/mol. The van der Waals surface area contributed by atoms with Crippen molar-refractivity contribution < 1.29 is 22.7 Å². The van der Waals surface area contributed by atoms with E-state index >= 15 is 0 Å². The van der Waals surface area contributed by atoms with E-state index in [0.29, 0.717) is 13.1 Å². The third-order valence-corrected chi connectivity index (χ3v) is 2.93. The third kappa shape index (κ3) is 7.16. The number of urea groups is 1. The molecule has 0 aliphatic heterocycles. The standard InChI is InChI=1S/C14H20F3N3O2/c1-3-20(4-2)9-8-18-13(21)19-11-6-5-7-12(10-11)22-14(15,16)17/h5-7,10H,3-4,8-9H2,1-2H3,(H2,18,19,21). The highest BCUT2D eigenvalue weighted by molar-refractivity contribution is 5.89. The third-order valence-electron chi connectivity index (χ3n) is 2.93. The molecule has 0 atom stereocenters. The largest absolute Gasteiger partial charge is 0.573 e. The summed E-state index contributed by atoms with van der Waals surface area (Å²) >= 11 is 0. The summed E-state index contributed by atoms with van der Waals surface area (Å²) in [5.74, 6) is -0.381. The minimum atomic E-state index is -4.76. The molecule has 0 aromatic heterocycles. The first kappa shape index (κ1) is 18.1. The SMILES string of the molecule is CCN(CC)CCNC(=O)Nc1cccc(OC(F)(F)F)c1. The molecule has 2 amide bonds. The van der Waals surface area contributed by atoms with Crippen LogP contribution in [0.1, 0.15) is 13.8 Å². The summed E-state index contributed by atoms with van der Waals surface area (Å²) in [4.78, 5) is 13.8. The average molecular weight is 319 g/mol. The Labute approximate surface area is 127 Å². The number of hydrogen-bond donors (Lipinski definition) is 2. The van der Waals surface area contributed by atoms with Crippen LogP contribution < -0.4 is 15.4 Å². The summed E-state index contributed by atoms with van der Waals surface area (Å²) < 4.78 is 40.1. The molecule has 1 rings (SSSR count). The predicted molar refractivity (Wildman–Crippen MR) is 77.9 cm³/mol. The van der Waals surface area contributed by atoms with Crippen LogP contribution in [0.5, 0.6) is 5.75 Å². The van der Waals surface area contributed by atoms with Crippen molar-refractivity contribution in [2.24, 2.45) is 0 Å². The van der Waals surface area contributed by atoms with E-state index in [1.807, 2.05) is 13.8 Å². The van der Waals surface area contributed by atoms with E-state index in [4.69, 9.17) is 0 Å². The molecule has 0 aliphatic carbocycles. The number of rotatable bonds is 7. The van der Waals surface area contributed by atoms with Gasteiger partial charge in [0.1, 0.15) is 5.75 Å². The van der Waals surface area contributed by atoms with Gasteiger partial charge in [-0.2, -0.15) is 0 Å². The van der Waals surface area contributed by atoms with E-state index in [1.54, 1.807) is 0 Å². The summed E-state index contributed by atoms with van der Waals surface area (Å²) in [6.45, 7) is 6.97. The zero-order chi connectivity index (χ0) is 16.6. The summed E-state index contributed by atoms with van der Waals surface area (Å²) in [5, 5.41) is 5.11. The lowest BCUT2D eigenvalue weighted by Gasteiger charge is -2.18. The first-order valence-corrected chi connectivity index (χ1v) is 6.97. The molecule has 1 aromatic carbocycles. The summed E-state index contributed by atoms with van der Waals surface area (Å²) in [7, 11) is 0. The maximum atomic E-state index is 12.1. The zero-order valence-electron chi connectivity index (χ0n) is 12.5. The number of anilines is 1. The van der Waals surface area contributed by atoms with Gasteiger partial charge in [-0.3, -0.25) is 0 Å². The van der Waals surface area contributed by atoms with Crippen molar-refractivity contribution in [3.05, 3.63) is 24.3 Å². The van der Waals surface area contributed by atoms with Crippen molar-refractivity contribution in [2.75, 3.05) is 31.5 Å². The highest BCUT2D eigenvalue weighted by atomic mass is 19.4. The Bertz CT molecular complexity index is 477. The second-order valence-corrected chi connectivity index (χ2v) is 4.48. The van der Waals surface area contributed by atoms with Crippen LogP contribution in [0.3, 0.4) is 0 Å². The number of halogens is 3. The van der Waals surface area contributed by atoms with Crippen molar-refractivity contribution in [2.45, 2.75) is 20.2 Å². The van der Waals surface area contributed by atoms with Gasteiger partial charge in [-0.1, -0.05) is 19.9 Å². The number of benzene rings is 1. The second kappa shape index (κ2) is 8.47. The second-order valence-electron chi connectivity index (χ2n) is 4.48. The van der Waals surface area contributed by atoms with Gasteiger partial charge in [-0.15, -0.1) is 13.2 Å². The highest BCUT2D eigenvalue weighted by Crippen LogP contribution is 2.24. The van der Waals surface area contributed by atoms with Gasteiger partial charge in [-0.05, 0) is 25.2 Å². The molecule has 0 bridgehead atoms. The van der Waals surface area contributed by atoms with Crippen LogP contribution >= 0.6 is 0 Å². The van der Waals surface area contributed by atoms with E-state index in [9.17, 15) is 18.0 Å². The molecule has 124 valence electrons. The molecular weight excluding hydrogens is 299 g/mol. The number of ether oxygens (including phenoxy) is 1. The Hall–Kier alpha value is -1.96. The average Bonchev–Trinajstić information content (AvgIpc) is 2.42. The van der Waals surface area contributed by atoms with Gasteiger partial charge in [0, 0.05) is 24.8 Å². The molecule has 1 aromatic rings. The fourth-order valence-electron chi connectivity index (χ4n) is 1.81. The number of alkyl halides is 3. The molecule has 22 heavy (non-hydrogen) atoms. The first-order chi connectivity index (χ1) is 10.3. The Kier molecular flexibility index (Phi) is 6.97. The van der Waals surface area contributed by atoms with Gasteiger partial charge in [0.2, 0.25) is 0 Å². The quantitative estimate of drug-likeness (QED) is 0.812. The molecule has 0 saturated heterocycles. The maximum Gasteiger partial charge on any atom is 0.573 e. The van der Waals surface area contributed by atoms with E-state index in [0.717, 1.165) is 25.2 Å². The van der Waals surface area contributed by atoms with E-state index in [1.165, 1.54) is 12.1 Å². The Balaban J connectivity index is 2.46. The molecule has 5 nitrogen and oxygen atoms in total. The number of nitrogens with one attached hydrogen (secondary N) is 2. The number of likely N-dealkylation sites (N-methyl/N-ethyl adjacent to an activating group) is 1. The van der Waals surface area contributed by atoms with Crippen molar-refractivity contribution in [3.63, 3.8) is 0 Å². The number of carbonyl (C=O) groups excluding carboxylic acids is 1. The minimum Gasteiger partial charge on any atom is -0.406 e. The van der Waals surface area contributed by atoms with Crippen LogP contribution in [0.2, 0.25) is 0 Å². The molecule has 2 N–H and O–H groups in total. The Morgan fingerprint density at radius 2 is 1.95 bits per heavy atom. The van der Waals surface area contributed by atoms with E-state index in [-0.39, 0.29) is 11.4 Å². The number of hydrogen-bond acceptors (Lipinski definition) is 3. The van der Waals surface area contributed by atoms with Gasteiger partial charge in [0.25, 0.3) is 0 Å². The van der Waals surface area contributed by atoms with Crippen molar-refractivity contribution >= 4 is 11.7 Å². The lowest BCUT2D eigenvalue weighted by Crippen LogP contribution is -2.36. The van der Waals surface area contributed by atoms with Crippen LogP contribution in [0.15, 0.2) is 24.3 Å². The van der Waals surface area contributed by atoms with Crippen molar-refractivity contribution in [1.82, 2.24) is 10.2 Å². The lowest BCUT2D eigenvalue weighted by atomic mass is 10.3. The van der Waals surface area contributed by atoms with Gasteiger partial charge in [-0.25, -0.2) is 4.79 Å². The maximum absolute atomic E-state index is 12.1. The predicted octanol–water partition coefficient (Wildman–Crippen LogP) is 3.05. The van der Waals surface area contributed by atoms with Crippen molar-refractivity contribution in [3.8, 4) is 5.75 Å². The number of amides is 2. The van der Waals surface area contributed by atoms with E-state index < -0.39 is 12.4 Å². The minimum absolute atomic E-state index is 0.224. The Morgan fingerprint density at radius 1 is 1.27 bits per heavy atom. The number of nitrogens with zero attached hydrogens (tertiary/aromatic N) is 1. The zero-order valence-corrected chi connectivity index (χ0v) is 12.5. The Morgan fingerprint density at radius 3 is 2.55 bits per heavy atom. The first-order valence-electron chi connectivity index (χ1n) is 6.97. The van der Waals surface area contributed by atoms with Gasteiger partial charge in [0.15, 0.2) is 0 Å². The van der Waals surface area contributed by atoms with Gasteiger partial charge < -0.3 is 20.3 Å². The molecule has 0 unspecified atom stereocenters. The molecule has 0 heterocycles. The summed E-state index contributed by atoms with van der Waals surface area (Å²) in [5.41, 5.74) is 0.224. The van der Waals surface area contributed by atoms with Crippen LogP contribution in [0.4, 0.5) is 23.7 Å². The lowest BCUT2D eigenvalue weighted by molar-refractivity contribution is -0.274. The van der Waals surface area contributed by atoms with Crippen LogP contribution in [-0.2, 0) is 0 Å². The van der Waals surface area contributed by atoms with Crippen LogP contribution in [0, 0.1) is 0 Å². The fraction of sp³-hybridized carbons (Fsp3) is 0.500. The molecule has 0 radical (unpaired) electrons. The molecular formula is C14H20F3N3O2. The molecule has 0 saturated carbocycles. The van der Waals surface area contributed by atoms with Crippen molar-refractivity contribution in [1.29, 1.82) is 0 Å². The van der Waals surface area contributed by atoms with E-state index in [2.05, 4.69) is 20.3 Å². The summed E-state index contributed by atoms with van der Waals surface area (Å²) in [6.07, 6.45) is -4.76. The highest BCUT2D eigenvalue weighted by Gasteiger charge is 2.31.